The summed E-state index contributed by atoms with van der Waals surface area (Å²) >= 11 is 0. The lowest BCUT2D eigenvalue weighted by molar-refractivity contribution is -0.404. The van der Waals surface area contributed by atoms with Crippen LogP contribution in [0.5, 0.6) is 0 Å². The summed E-state index contributed by atoms with van der Waals surface area (Å²) in [6.07, 6.45) is 7.07. The molecule has 2 saturated carbocycles. The zero-order valence-corrected chi connectivity index (χ0v) is 7.03. The minimum atomic E-state index is -0.298. The van der Waals surface area contributed by atoms with Gasteiger partial charge in [0.15, 0.2) is 0 Å². The Morgan fingerprint density at radius 3 is 3.00 bits per heavy atom. The number of nitrogens with zero attached hydrogens (tertiary/aromatic N) is 1. The van der Waals surface area contributed by atoms with E-state index in [0.29, 0.717) is 5.92 Å². The van der Waals surface area contributed by atoms with E-state index < -0.39 is 0 Å². The van der Waals surface area contributed by atoms with Crippen LogP contribution < -0.4 is 0 Å². The summed E-state index contributed by atoms with van der Waals surface area (Å²) < 4.78 is 0. The standard InChI is InChI=1S/C9H13NO2/c11-10(12)6-9-4-2-7-1-3-8(9)5-7/h6-8H,1-5H2/b9-6+. The highest BCUT2D eigenvalue weighted by Gasteiger charge is 2.33. The fraction of sp³-hybridized carbons (Fsp3) is 0.778. The van der Waals surface area contributed by atoms with E-state index in [1.165, 1.54) is 31.9 Å². The van der Waals surface area contributed by atoms with Crippen LogP contribution in [0.2, 0.25) is 0 Å². The van der Waals surface area contributed by atoms with Crippen LogP contribution in [0, 0.1) is 22.0 Å². The summed E-state index contributed by atoms with van der Waals surface area (Å²) in [6, 6.07) is 0. The lowest BCUT2D eigenvalue weighted by Gasteiger charge is -2.19. The first-order chi connectivity index (χ1) is 5.75. The number of rotatable bonds is 1. The molecule has 0 aliphatic heterocycles. The van der Waals surface area contributed by atoms with Gasteiger partial charge in [-0.25, -0.2) is 0 Å². The van der Waals surface area contributed by atoms with Crippen molar-refractivity contribution in [2.45, 2.75) is 32.1 Å². The Balaban J connectivity index is 2.12. The monoisotopic (exact) mass is 167 g/mol. The van der Waals surface area contributed by atoms with E-state index in [0.717, 1.165) is 17.9 Å². The molecule has 2 rings (SSSR count). The van der Waals surface area contributed by atoms with Gasteiger partial charge >= 0.3 is 0 Å². The zero-order chi connectivity index (χ0) is 8.55. The average molecular weight is 167 g/mol. The predicted molar refractivity (Wildman–Crippen MR) is 45.1 cm³/mol. The van der Waals surface area contributed by atoms with Crippen molar-refractivity contribution in [2.24, 2.45) is 11.8 Å². The lowest BCUT2D eigenvalue weighted by Crippen LogP contribution is -2.09. The van der Waals surface area contributed by atoms with E-state index in [-0.39, 0.29) is 4.92 Å². The van der Waals surface area contributed by atoms with Crippen LogP contribution in [-0.2, 0) is 0 Å². The average Bonchev–Trinajstić information content (AvgIpc) is 2.39. The molecule has 0 heterocycles. The smallest absolute Gasteiger partial charge is 0.233 e. The van der Waals surface area contributed by atoms with Crippen molar-refractivity contribution in [3.63, 3.8) is 0 Å². The van der Waals surface area contributed by atoms with Gasteiger partial charge in [0.05, 0.1) is 4.92 Å². The Labute approximate surface area is 71.6 Å². The van der Waals surface area contributed by atoms with Crippen LogP contribution in [0.1, 0.15) is 32.1 Å². The minimum absolute atomic E-state index is 0.298. The van der Waals surface area contributed by atoms with Crippen LogP contribution in [0.3, 0.4) is 0 Å². The summed E-state index contributed by atoms with van der Waals surface area (Å²) in [7, 11) is 0. The molecular formula is C9H13NO2. The van der Waals surface area contributed by atoms with Gasteiger partial charge in [-0.2, -0.15) is 0 Å². The normalized spacial score (nSPS) is 37.2. The topological polar surface area (TPSA) is 43.1 Å². The van der Waals surface area contributed by atoms with Gasteiger partial charge in [-0.15, -0.1) is 0 Å². The molecule has 0 aromatic rings. The first-order valence-electron chi connectivity index (χ1n) is 4.60. The molecule has 0 N–H and O–H groups in total. The Morgan fingerprint density at radius 2 is 2.25 bits per heavy atom. The molecule has 2 aliphatic carbocycles. The van der Waals surface area contributed by atoms with Gasteiger partial charge in [-0.3, -0.25) is 10.1 Å². The molecule has 66 valence electrons. The molecule has 0 aromatic carbocycles. The second-order valence-corrected chi connectivity index (χ2v) is 3.90. The SMILES string of the molecule is O=[N+]([O-])/C=C1\CCC2CCC1C2. The van der Waals surface area contributed by atoms with Crippen LogP contribution in [0.25, 0.3) is 0 Å². The molecular weight excluding hydrogens is 154 g/mol. The summed E-state index contributed by atoms with van der Waals surface area (Å²) in [5.74, 6) is 1.42. The summed E-state index contributed by atoms with van der Waals surface area (Å²) in [5, 5.41) is 10.3. The van der Waals surface area contributed by atoms with Crippen molar-refractivity contribution in [3.05, 3.63) is 21.9 Å². The maximum absolute atomic E-state index is 10.3. The van der Waals surface area contributed by atoms with Crippen molar-refractivity contribution < 1.29 is 4.92 Å². The molecule has 3 heteroatoms. The fourth-order valence-electron chi connectivity index (χ4n) is 2.55. The molecule has 2 atom stereocenters. The van der Waals surface area contributed by atoms with Crippen molar-refractivity contribution in [2.75, 3.05) is 0 Å². The van der Waals surface area contributed by atoms with Crippen LogP contribution >= 0.6 is 0 Å². The first kappa shape index (κ1) is 7.77. The maximum atomic E-state index is 10.3. The van der Waals surface area contributed by atoms with Crippen LogP contribution in [-0.4, -0.2) is 4.92 Å². The van der Waals surface area contributed by atoms with Gasteiger partial charge in [0.1, 0.15) is 0 Å². The van der Waals surface area contributed by atoms with E-state index in [1.807, 2.05) is 0 Å². The largest absolute Gasteiger partial charge is 0.259 e. The maximum Gasteiger partial charge on any atom is 0.233 e. The molecule has 0 radical (unpaired) electrons. The highest BCUT2D eigenvalue weighted by atomic mass is 16.6. The Hall–Kier alpha value is -0.860. The molecule has 0 saturated heterocycles. The fourth-order valence-corrected chi connectivity index (χ4v) is 2.55. The van der Waals surface area contributed by atoms with Gasteiger partial charge < -0.3 is 0 Å². The molecule has 2 unspecified atom stereocenters. The van der Waals surface area contributed by atoms with Crippen LogP contribution in [0.15, 0.2) is 11.8 Å². The summed E-state index contributed by atoms with van der Waals surface area (Å²) in [6.45, 7) is 0. The molecule has 2 aliphatic rings. The third kappa shape index (κ3) is 1.36. The number of hydrogen-bond donors (Lipinski definition) is 0. The van der Waals surface area contributed by atoms with Crippen molar-refractivity contribution in [3.8, 4) is 0 Å². The molecule has 2 fully saturated rings. The predicted octanol–water partition coefficient (Wildman–Crippen LogP) is 2.36. The first-order valence-corrected chi connectivity index (χ1v) is 4.60. The van der Waals surface area contributed by atoms with Crippen LogP contribution in [0.4, 0.5) is 0 Å². The molecule has 12 heavy (non-hydrogen) atoms. The van der Waals surface area contributed by atoms with Crippen molar-refractivity contribution >= 4 is 0 Å². The minimum Gasteiger partial charge on any atom is -0.259 e. The third-order valence-electron chi connectivity index (χ3n) is 3.18. The Morgan fingerprint density at radius 1 is 1.42 bits per heavy atom. The van der Waals surface area contributed by atoms with E-state index in [9.17, 15) is 10.1 Å². The zero-order valence-electron chi connectivity index (χ0n) is 7.03. The van der Waals surface area contributed by atoms with E-state index in [2.05, 4.69) is 0 Å². The molecule has 3 nitrogen and oxygen atoms in total. The molecule has 2 bridgehead atoms. The highest BCUT2D eigenvalue weighted by Crippen LogP contribution is 2.44. The third-order valence-corrected chi connectivity index (χ3v) is 3.18. The number of nitro groups is 1. The van der Waals surface area contributed by atoms with Gasteiger partial charge in [0.2, 0.25) is 6.20 Å². The lowest BCUT2D eigenvalue weighted by atomic mass is 9.85. The Kier molecular flexibility index (Phi) is 1.87. The number of hydrogen-bond acceptors (Lipinski definition) is 2. The highest BCUT2D eigenvalue weighted by molar-refractivity contribution is 5.10. The van der Waals surface area contributed by atoms with Gasteiger partial charge in [0.25, 0.3) is 0 Å². The van der Waals surface area contributed by atoms with Gasteiger partial charge in [0, 0.05) is 5.57 Å². The van der Waals surface area contributed by atoms with Crippen molar-refractivity contribution in [1.29, 1.82) is 0 Å². The second kappa shape index (κ2) is 2.88. The Bertz CT molecular complexity index is 235. The second-order valence-electron chi connectivity index (χ2n) is 3.90. The van der Waals surface area contributed by atoms with Gasteiger partial charge in [-0.05, 0) is 43.9 Å². The van der Waals surface area contributed by atoms with E-state index in [1.54, 1.807) is 0 Å². The van der Waals surface area contributed by atoms with E-state index >= 15 is 0 Å². The van der Waals surface area contributed by atoms with E-state index in [4.69, 9.17) is 0 Å². The number of allylic oxidation sites excluding steroid dienone is 1. The summed E-state index contributed by atoms with van der Waals surface area (Å²) in [5.41, 5.74) is 1.09. The van der Waals surface area contributed by atoms with Gasteiger partial charge in [-0.1, -0.05) is 0 Å². The summed E-state index contributed by atoms with van der Waals surface area (Å²) in [4.78, 5) is 9.97. The number of fused-ring (bicyclic) bond motifs is 2. The van der Waals surface area contributed by atoms with Crippen molar-refractivity contribution in [1.82, 2.24) is 0 Å². The molecule has 0 spiro atoms. The molecule has 0 aromatic heterocycles. The quantitative estimate of drug-likeness (QED) is 0.444. The molecule has 0 amide bonds.